The second-order valence-corrected chi connectivity index (χ2v) is 17.4. The van der Waals surface area contributed by atoms with Crippen LogP contribution in [0, 0.1) is 0 Å². The van der Waals surface area contributed by atoms with Gasteiger partial charge in [-0.15, -0.1) is 0 Å². The van der Waals surface area contributed by atoms with E-state index in [2.05, 4.69) is 26.6 Å². The second-order valence-electron chi connectivity index (χ2n) is 17.4. The largest absolute Gasteiger partial charge is 0.491 e. The molecule has 0 aliphatic rings. The molecular weight excluding hydrogens is 1000 g/mol. The number of urea groups is 1. The monoisotopic (exact) mass is 1070 g/mol. The number of alkyl carbamates (subject to hydrolysis) is 2. The number of carboxylic acids is 1. The fourth-order valence-corrected chi connectivity index (χ4v) is 6.52. The minimum atomic E-state index is -5.08. The van der Waals surface area contributed by atoms with Gasteiger partial charge < -0.3 is 70.6 Å². The molecule has 4 aromatic rings. The Morgan fingerprint density at radius 1 is 0.579 bits per heavy atom. The minimum absolute atomic E-state index is 0.116. The van der Waals surface area contributed by atoms with Crippen LogP contribution in [0.2, 0.25) is 0 Å². The van der Waals surface area contributed by atoms with E-state index in [9.17, 15) is 37.1 Å². The molecule has 0 aliphatic carbocycles. The van der Waals surface area contributed by atoms with Crippen molar-refractivity contribution in [3.63, 3.8) is 0 Å². The maximum absolute atomic E-state index is 14.4. The van der Waals surface area contributed by atoms with E-state index in [1.807, 2.05) is 97.1 Å². The first kappa shape index (κ1) is 62.8. The van der Waals surface area contributed by atoms with Gasteiger partial charge in [-0.25, -0.2) is 19.2 Å². The SMILES string of the molecule is CC(C)(C)OC(=O)NCCOCCOCCOCCOCCOc1cccc(C(C(=O)N[C@H](CCCNC(=O)OCc2ccccc2)C(=O)NCc2ccc(CNC(N)=O)cc2)c2ccccc2)c1.O=C(O)C(F)(F)F. The topological polar surface area (TPSA) is 273 Å². The number of rotatable bonds is 31. The highest BCUT2D eigenvalue weighted by Gasteiger charge is 2.38. The van der Waals surface area contributed by atoms with E-state index in [0.29, 0.717) is 82.7 Å². The molecule has 4 aromatic carbocycles. The Hall–Kier alpha value is -7.47. The zero-order valence-corrected chi connectivity index (χ0v) is 42.8. The summed E-state index contributed by atoms with van der Waals surface area (Å²) in [6.07, 6.45) is -5.58. The van der Waals surface area contributed by atoms with Crippen LogP contribution in [0.4, 0.5) is 27.6 Å². The number of aliphatic carboxylic acids is 1. The first-order chi connectivity index (χ1) is 36.3. The van der Waals surface area contributed by atoms with Gasteiger partial charge in [0, 0.05) is 26.2 Å². The minimum Gasteiger partial charge on any atom is -0.491 e. The van der Waals surface area contributed by atoms with Gasteiger partial charge in [0.15, 0.2) is 0 Å². The lowest BCUT2D eigenvalue weighted by Gasteiger charge is -2.24. The predicted molar refractivity (Wildman–Crippen MR) is 272 cm³/mol. The van der Waals surface area contributed by atoms with Crippen molar-refractivity contribution >= 4 is 36.0 Å². The molecule has 0 fully saturated rings. The quantitative estimate of drug-likeness (QED) is 0.0281. The summed E-state index contributed by atoms with van der Waals surface area (Å²) in [6.45, 7) is 9.74. The van der Waals surface area contributed by atoms with Crippen LogP contribution in [-0.4, -0.2) is 131 Å². The van der Waals surface area contributed by atoms with E-state index in [4.69, 9.17) is 48.8 Å². The lowest BCUT2D eigenvalue weighted by atomic mass is 9.90. The number of alkyl halides is 3. The van der Waals surface area contributed by atoms with E-state index in [-0.39, 0.29) is 39.3 Å². The second kappa shape index (κ2) is 34.9. The maximum atomic E-state index is 14.4. The van der Waals surface area contributed by atoms with Gasteiger partial charge in [0.25, 0.3) is 0 Å². The highest BCUT2D eigenvalue weighted by atomic mass is 19.4. The third-order valence-corrected chi connectivity index (χ3v) is 10.1. The lowest BCUT2D eigenvalue weighted by Crippen LogP contribution is -2.48. The number of carbonyl (C=O) groups excluding carboxylic acids is 5. The molecule has 4 rings (SSSR count). The molecule has 8 N–H and O–H groups in total. The van der Waals surface area contributed by atoms with Crippen LogP contribution in [0.3, 0.4) is 0 Å². The number of nitrogens with two attached hydrogens (primary N) is 1. The van der Waals surface area contributed by atoms with E-state index < -0.39 is 59.7 Å². The summed E-state index contributed by atoms with van der Waals surface area (Å²) in [7, 11) is 0. The Morgan fingerprint density at radius 3 is 1.64 bits per heavy atom. The Balaban J connectivity index is 0.00000202. The van der Waals surface area contributed by atoms with Gasteiger partial charge in [-0.3, -0.25) is 9.59 Å². The molecule has 0 heterocycles. The molecule has 0 bridgehead atoms. The third-order valence-electron chi connectivity index (χ3n) is 10.1. The van der Waals surface area contributed by atoms with Crippen molar-refractivity contribution in [2.75, 3.05) is 72.6 Å². The summed E-state index contributed by atoms with van der Waals surface area (Å²) in [5.74, 6) is -3.81. The van der Waals surface area contributed by atoms with Crippen LogP contribution in [0.15, 0.2) is 109 Å². The molecule has 416 valence electrons. The van der Waals surface area contributed by atoms with Crippen LogP contribution in [0.5, 0.6) is 5.75 Å². The fourth-order valence-electron chi connectivity index (χ4n) is 6.52. The predicted octanol–water partition coefficient (Wildman–Crippen LogP) is 6.10. The number of carboxylic acid groups (broad SMARTS) is 1. The van der Waals surface area contributed by atoms with Gasteiger partial charge in [-0.2, -0.15) is 13.2 Å². The summed E-state index contributed by atoms with van der Waals surface area (Å²) in [4.78, 5) is 72.3. The number of amides is 6. The summed E-state index contributed by atoms with van der Waals surface area (Å²) in [5.41, 5.74) is 8.50. The number of hydrogen-bond donors (Lipinski definition) is 7. The van der Waals surface area contributed by atoms with Crippen molar-refractivity contribution in [1.82, 2.24) is 26.6 Å². The zero-order valence-electron chi connectivity index (χ0n) is 42.8. The first-order valence-electron chi connectivity index (χ1n) is 24.3. The molecular formula is C53H69F3N6O14. The first-order valence-corrected chi connectivity index (χ1v) is 24.3. The molecule has 0 aliphatic heterocycles. The standard InChI is InChI=1S/C51H68N6O12.C2HF3O2/c1-51(2,3)69-50(62)54-24-25-63-26-27-64-28-29-65-30-31-66-32-33-67-43-17-10-16-42(34-43)45(41-14-8-5-9-15-41)47(59)57-44(18-11-23-53-49(61)68-37-40-12-6-4-7-13-40)46(58)55-35-38-19-21-39(22-20-38)36-56-48(52)60;3-2(4,5)1(6)7/h4-10,12-17,19-22,34,44-45H,11,18,23-33,35-37H2,1-3H3,(H,53,61)(H,54,62)(H,55,58)(H,57,59)(H3,52,56,60);(H,6,7)/t44-,45?;/m1./s1. The van der Waals surface area contributed by atoms with Crippen molar-refractivity contribution in [2.45, 2.75) is 77.0 Å². The third kappa shape index (κ3) is 28.3. The molecule has 0 radical (unpaired) electrons. The highest BCUT2D eigenvalue weighted by Crippen LogP contribution is 2.28. The summed E-state index contributed by atoms with van der Waals surface area (Å²) >= 11 is 0. The highest BCUT2D eigenvalue weighted by molar-refractivity contribution is 5.92. The summed E-state index contributed by atoms with van der Waals surface area (Å²) in [5, 5.41) is 21.0. The lowest BCUT2D eigenvalue weighted by molar-refractivity contribution is -0.192. The van der Waals surface area contributed by atoms with Gasteiger partial charge in [0.1, 0.15) is 30.6 Å². The number of carbonyl (C=O) groups is 6. The normalized spacial score (nSPS) is 11.9. The molecule has 20 nitrogen and oxygen atoms in total. The Kier molecular flexibility index (Phi) is 28.9. The zero-order chi connectivity index (χ0) is 55.6. The Labute approximate surface area is 439 Å². The van der Waals surface area contributed by atoms with Crippen molar-refractivity contribution in [3.05, 3.63) is 137 Å². The van der Waals surface area contributed by atoms with E-state index in [0.717, 1.165) is 16.7 Å². The molecule has 2 atom stereocenters. The number of ether oxygens (including phenoxy) is 7. The van der Waals surface area contributed by atoms with Crippen LogP contribution in [0.1, 0.15) is 67.3 Å². The van der Waals surface area contributed by atoms with Gasteiger partial charge in [-0.05, 0) is 73.6 Å². The fraction of sp³-hybridized carbons (Fsp3) is 0.434. The molecule has 1 unspecified atom stereocenters. The van der Waals surface area contributed by atoms with Crippen molar-refractivity contribution in [1.29, 1.82) is 0 Å². The molecule has 76 heavy (non-hydrogen) atoms. The van der Waals surface area contributed by atoms with Crippen molar-refractivity contribution < 1.29 is 80.2 Å². The molecule has 0 saturated carbocycles. The van der Waals surface area contributed by atoms with E-state index in [1.54, 1.807) is 32.9 Å². The summed E-state index contributed by atoms with van der Waals surface area (Å²) in [6, 6.07) is 31.6. The van der Waals surface area contributed by atoms with Crippen molar-refractivity contribution in [3.8, 4) is 5.75 Å². The summed E-state index contributed by atoms with van der Waals surface area (Å²) < 4.78 is 70.5. The smallest absolute Gasteiger partial charge is 0.490 e. The van der Waals surface area contributed by atoms with Gasteiger partial charge in [-0.1, -0.05) is 97.1 Å². The molecule has 6 amide bonds. The number of halogens is 3. The van der Waals surface area contributed by atoms with Crippen LogP contribution in [-0.2, 0) is 62.5 Å². The number of primary amides is 1. The molecule has 0 spiro atoms. The number of benzene rings is 4. The van der Waals surface area contributed by atoms with Crippen LogP contribution in [0.25, 0.3) is 0 Å². The van der Waals surface area contributed by atoms with E-state index >= 15 is 0 Å². The molecule has 0 aromatic heterocycles. The average molecular weight is 1070 g/mol. The number of nitrogens with one attached hydrogen (secondary N) is 5. The average Bonchev–Trinajstić information content (AvgIpc) is 3.38. The van der Waals surface area contributed by atoms with Crippen LogP contribution >= 0.6 is 0 Å². The van der Waals surface area contributed by atoms with Gasteiger partial charge in [0.05, 0.1) is 58.8 Å². The maximum Gasteiger partial charge on any atom is 0.490 e. The Morgan fingerprint density at radius 2 is 1.09 bits per heavy atom. The molecule has 0 saturated heterocycles. The van der Waals surface area contributed by atoms with Crippen molar-refractivity contribution in [2.24, 2.45) is 5.73 Å². The van der Waals surface area contributed by atoms with Gasteiger partial charge in [0.2, 0.25) is 11.8 Å². The van der Waals surface area contributed by atoms with Crippen LogP contribution < -0.4 is 37.1 Å². The van der Waals surface area contributed by atoms with E-state index in [1.165, 1.54) is 0 Å². The molecule has 23 heteroatoms. The number of hydrogen-bond acceptors (Lipinski definition) is 13. The Bertz CT molecular complexity index is 2340. The van der Waals surface area contributed by atoms with Gasteiger partial charge >= 0.3 is 30.4 Å².